The van der Waals surface area contributed by atoms with Gasteiger partial charge in [-0.1, -0.05) is 30.3 Å². The van der Waals surface area contributed by atoms with Crippen molar-refractivity contribution in [3.05, 3.63) is 35.9 Å². The average Bonchev–Trinajstić information content (AvgIpc) is 3.47. The number of urea groups is 1. The fraction of sp³-hybridized carbons (Fsp3) is 0.526. The molecule has 1 aliphatic carbocycles. The molecule has 0 aromatic heterocycles. The van der Waals surface area contributed by atoms with Gasteiger partial charge >= 0.3 is 6.03 Å². The molecule has 0 bridgehead atoms. The maximum absolute atomic E-state index is 12.8. The van der Waals surface area contributed by atoms with E-state index in [9.17, 15) is 14.4 Å². The normalized spacial score (nSPS) is 26.6. The standard InChI is InChI=1S/C19H23N3O4/c1-20-11-18(24)22(19(20)25)12-17(23)21-9-15(13-5-3-2-4-6-13)26-16(10-21)14-7-8-14/h2-6,14-16H,7-12H2,1H3. The highest BCUT2D eigenvalue weighted by Gasteiger charge is 2.41. The van der Waals surface area contributed by atoms with Crippen LogP contribution < -0.4 is 0 Å². The summed E-state index contributed by atoms with van der Waals surface area (Å²) in [5.74, 6) is -0.0210. The number of rotatable bonds is 4. The van der Waals surface area contributed by atoms with Crippen LogP contribution in [0.5, 0.6) is 0 Å². The average molecular weight is 357 g/mol. The number of morpholine rings is 1. The molecule has 7 nitrogen and oxygen atoms in total. The van der Waals surface area contributed by atoms with Crippen molar-refractivity contribution < 1.29 is 19.1 Å². The Bertz CT molecular complexity index is 719. The van der Waals surface area contributed by atoms with Gasteiger partial charge in [-0.25, -0.2) is 4.79 Å². The van der Waals surface area contributed by atoms with Crippen molar-refractivity contribution in [1.29, 1.82) is 0 Å². The Hall–Kier alpha value is -2.41. The van der Waals surface area contributed by atoms with Gasteiger partial charge in [-0.3, -0.25) is 14.5 Å². The van der Waals surface area contributed by atoms with Gasteiger partial charge in [0.05, 0.1) is 12.6 Å². The second kappa shape index (κ2) is 6.72. The number of imide groups is 1. The van der Waals surface area contributed by atoms with Gasteiger partial charge in [0, 0.05) is 13.6 Å². The van der Waals surface area contributed by atoms with Gasteiger partial charge in [-0.05, 0) is 24.3 Å². The van der Waals surface area contributed by atoms with Crippen molar-refractivity contribution in [2.24, 2.45) is 5.92 Å². The second-order valence-corrected chi connectivity index (χ2v) is 7.33. The molecule has 0 radical (unpaired) electrons. The lowest BCUT2D eigenvalue weighted by Gasteiger charge is -2.39. The fourth-order valence-corrected chi connectivity index (χ4v) is 3.63. The van der Waals surface area contributed by atoms with Crippen molar-refractivity contribution in [3.8, 4) is 0 Å². The smallest absolute Gasteiger partial charge is 0.327 e. The lowest BCUT2D eigenvalue weighted by atomic mass is 10.0. The number of hydrogen-bond acceptors (Lipinski definition) is 4. The summed E-state index contributed by atoms with van der Waals surface area (Å²) >= 11 is 0. The highest BCUT2D eigenvalue weighted by molar-refractivity contribution is 6.04. The quantitative estimate of drug-likeness (QED) is 0.761. The van der Waals surface area contributed by atoms with Crippen LogP contribution in [0.15, 0.2) is 30.3 Å². The molecule has 26 heavy (non-hydrogen) atoms. The van der Waals surface area contributed by atoms with Crippen molar-refractivity contribution in [1.82, 2.24) is 14.7 Å². The third-order valence-electron chi connectivity index (χ3n) is 5.32. The van der Waals surface area contributed by atoms with Crippen LogP contribution in [-0.2, 0) is 14.3 Å². The molecule has 4 amide bonds. The van der Waals surface area contributed by atoms with Gasteiger partial charge in [0.1, 0.15) is 19.2 Å². The molecule has 1 aromatic rings. The number of hydrogen-bond donors (Lipinski definition) is 0. The van der Waals surface area contributed by atoms with E-state index in [1.54, 1.807) is 11.9 Å². The minimum absolute atomic E-state index is 0.0190. The summed E-state index contributed by atoms with van der Waals surface area (Å²) in [6, 6.07) is 9.48. The highest BCUT2D eigenvalue weighted by atomic mass is 16.5. The van der Waals surface area contributed by atoms with E-state index >= 15 is 0 Å². The number of benzene rings is 1. The van der Waals surface area contributed by atoms with Crippen molar-refractivity contribution in [2.45, 2.75) is 25.0 Å². The van der Waals surface area contributed by atoms with E-state index in [1.165, 1.54) is 4.90 Å². The van der Waals surface area contributed by atoms with Gasteiger partial charge in [0.2, 0.25) is 5.91 Å². The minimum atomic E-state index is -0.407. The summed E-state index contributed by atoms with van der Waals surface area (Å²) in [5.41, 5.74) is 1.05. The Kier molecular flexibility index (Phi) is 4.40. The van der Waals surface area contributed by atoms with E-state index in [-0.39, 0.29) is 37.1 Å². The molecule has 0 spiro atoms. The molecule has 1 aromatic carbocycles. The van der Waals surface area contributed by atoms with Crippen LogP contribution in [0.3, 0.4) is 0 Å². The Balaban J connectivity index is 1.48. The second-order valence-electron chi connectivity index (χ2n) is 7.33. The predicted molar refractivity (Wildman–Crippen MR) is 93.1 cm³/mol. The number of carbonyl (C=O) groups is 3. The Morgan fingerprint density at radius 1 is 1.15 bits per heavy atom. The summed E-state index contributed by atoms with van der Waals surface area (Å²) in [4.78, 5) is 40.9. The van der Waals surface area contributed by atoms with Crippen LogP contribution >= 0.6 is 0 Å². The Labute approximate surface area is 152 Å². The minimum Gasteiger partial charge on any atom is -0.366 e. The van der Waals surface area contributed by atoms with Crippen molar-refractivity contribution >= 4 is 17.8 Å². The summed E-state index contributed by atoms with van der Waals surface area (Å²) in [5, 5.41) is 0. The van der Waals surface area contributed by atoms with Crippen LogP contribution in [0.2, 0.25) is 0 Å². The molecule has 138 valence electrons. The van der Waals surface area contributed by atoms with Crippen LogP contribution in [0, 0.1) is 5.92 Å². The number of nitrogens with zero attached hydrogens (tertiary/aromatic N) is 3. The van der Waals surface area contributed by atoms with Crippen LogP contribution in [-0.4, -0.2) is 71.9 Å². The van der Waals surface area contributed by atoms with Gasteiger partial charge in [0.15, 0.2) is 0 Å². The maximum atomic E-state index is 12.8. The summed E-state index contributed by atoms with van der Waals surface area (Å²) < 4.78 is 6.26. The monoisotopic (exact) mass is 357 g/mol. The summed E-state index contributed by atoms with van der Waals surface area (Å²) in [6.45, 7) is 0.810. The molecule has 1 saturated carbocycles. The third-order valence-corrected chi connectivity index (χ3v) is 5.32. The molecule has 7 heteroatoms. The first-order valence-corrected chi connectivity index (χ1v) is 9.06. The fourth-order valence-electron chi connectivity index (χ4n) is 3.63. The highest BCUT2D eigenvalue weighted by Crippen LogP contribution is 2.39. The molecular weight excluding hydrogens is 334 g/mol. The first-order valence-electron chi connectivity index (χ1n) is 9.06. The van der Waals surface area contributed by atoms with E-state index in [1.807, 2.05) is 30.3 Å². The molecule has 2 atom stereocenters. The molecule has 2 unspecified atom stereocenters. The van der Waals surface area contributed by atoms with E-state index < -0.39 is 6.03 Å². The zero-order chi connectivity index (χ0) is 18.3. The van der Waals surface area contributed by atoms with E-state index in [2.05, 4.69) is 0 Å². The molecule has 2 saturated heterocycles. The van der Waals surface area contributed by atoms with Crippen LogP contribution in [0.4, 0.5) is 4.79 Å². The largest absolute Gasteiger partial charge is 0.366 e. The topological polar surface area (TPSA) is 70.2 Å². The SMILES string of the molecule is CN1CC(=O)N(CC(=O)N2CC(c3ccccc3)OC(C3CC3)C2)C1=O. The van der Waals surface area contributed by atoms with Crippen LogP contribution in [0.1, 0.15) is 24.5 Å². The van der Waals surface area contributed by atoms with Crippen molar-refractivity contribution in [2.75, 3.05) is 33.2 Å². The van der Waals surface area contributed by atoms with E-state index in [4.69, 9.17) is 4.74 Å². The zero-order valence-electron chi connectivity index (χ0n) is 14.8. The number of carbonyl (C=O) groups excluding carboxylic acids is 3. The molecule has 3 aliphatic rings. The summed E-state index contributed by atoms with van der Waals surface area (Å²) in [7, 11) is 1.56. The number of amides is 4. The maximum Gasteiger partial charge on any atom is 0.327 e. The van der Waals surface area contributed by atoms with Gasteiger partial charge in [0.25, 0.3) is 5.91 Å². The number of likely N-dealkylation sites (N-methyl/N-ethyl adjacent to an activating group) is 1. The molecule has 2 heterocycles. The predicted octanol–water partition coefficient (Wildman–Crippen LogP) is 1.26. The molecular formula is C19H23N3O4. The first kappa shape index (κ1) is 17.0. The van der Waals surface area contributed by atoms with E-state index in [0.717, 1.165) is 23.3 Å². The summed E-state index contributed by atoms with van der Waals surface area (Å²) in [6.07, 6.45) is 2.10. The van der Waals surface area contributed by atoms with Crippen LogP contribution in [0.25, 0.3) is 0 Å². The lowest BCUT2D eigenvalue weighted by molar-refractivity contribution is -0.150. The Morgan fingerprint density at radius 2 is 1.88 bits per heavy atom. The number of ether oxygens (including phenoxy) is 1. The molecule has 3 fully saturated rings. The zero-order valence-corrected chi connectivity index (χ0v) is 14.8. The van der Waals surface area contributed by atoms with Gasteiger partial charge in [-0.15, -0.1) is 0 Å². The third kappa shape index (κ3) is 3.31. The van der Waals surface area contributed by atoms with E-state index in [0.29, 0.717) is 19.0 Å². The molecule has 4 rings (SSSR count). The molecule has 0 N–H and O–H groups in total. The van der Waals surface area contributed by atoms with Gasteiger partial charge < -0.3 is 14.5 Å². The van der Waals surface area contributed by atoms with Crippen molar-refractivity contribution in [3.63, 3.8) is 0 Å². The lowest BCUT2D eigenvalue weighted by Crippen LogP contribution is -2.51. The Morgan fingerprint density at radius 3 is 2.50 bits per heavy atom. The first-order chi connectivity index (χ1) is 12.5. The molecule has 2 aliphatic heterocycles. The van der Waals surface area contributed by atoms with Gasteiger partial charge in [-0.2, -0.15) is 0 Å².